The Labute approximate surface area is 148 Å². The topological polar surface area (TPSA) is 102 Å². The summed E-state index contributed by atoms with van der Waals surface area (Å²) in [5, 5.41) is 2.79. The molecule has 2 fully saturated rings. The van der Waals surface area contributed by atoms with E-state index in [-0.39, 0.29) is 30.2 Å². The van der Waals surface area contributed by atoms with Gasteiger partial charge in [-0.15, -0.1) is 12.4 Å². The molecule has 0 saturated carbocycles. The Morgan fingerprint density at radius 3 is 2.54 bits per heavy atom. The number of rotatable bonds is 4. The Bertz CT molecular complexity index is 680. The van der Waals surface area contributed by atoms with Crippen molar-refractivity contribution >= 4 is 39.7 Å². The zero-order valence-corrected chi connectivity index (χ0v) is 14.8. The van der Waals surface area contributed by atoms with Crippen LogP contribution in [0.25, 0.3) is 0 Å². The number of nitrogens with two attached hydrogens (primary N) is 1. The van der Waals surface area contributed by atoms with Crippen LogP contribution in [-0.2, 0) is 19.6 Å². The lowest BCUT2D eigenvalue weighted by atomic mass is 10.2. The van der Waals surface area contributed by atoms with Crippen LogP contribution in [0.2, 0.25) is 0 Å². The molecule has 0 unspecified atom stereocenters. The molecule has 9 heteroatoms. The minimum atomic E-state index is -3.18. The van der Waals surface area contributed by atoms with Gasteiger partial charge in [0.1, 0.15) is 6.10 Å². The van der Waals surface area contributed by atoms with Crippen molar-refractivity contribution in [2.24, 2.45) is 5.73 Å². The van der Waals surface area contributed by atoms with E-state index in [4.69, 9.17) is 10.5 Å². The number of carbonyl (C=O) groups is 1. The van der Waals surface area contributed by atoms with Gasteiger partial charge >= 0.3 is 0 Å². The van der Waals surface area contributed by atoms with Crippen LogP contribution >= 0.6 is 12.4 Å². The van der Waals surface area contributed by atoms with Gasteiger partial charge in [0.25, 0.3) is 5.91 Å². The number of hydrogen-bond acceptors (Lipinski definition) is 5. The molecule has 2 aliphatic heterocycles. The highest BCUT2D eigenvalue weighted by molar-refractivity contribution is 7.93. The monoisotopic (exact) mass is 375 g/mol. The Balaban J connectivity index is 0.00000208. The first-order chi connectivity index (χ1) is 11.0. The molecule has 1 aromatic carbocycles. The Morgan fingerprint density at radius 1 is 1.29 bits per heavy atom. The van der Waals surface area contributed by atoms with Crippen molar-refractivity contribution < 1.29 is 17.9 Å². The summed E-state index contributed by atoms with van der Waals surface area (Å²) in [7, 11) is -3.18. The highest BCUT2D eigenvalue weighted by Crippen LogP contribution is 2.26. The molecule has 2 atom stereocenters. The molecule has 3 rings (SSSR count). The fourth-order valence-electron chi connectivity index (χ4n) is 2.94. The second-order valence-corrected chi connectivity index (χ2v) is 7.85. The lowest BCUT2D eigenvalue weighted by molar-refractivity contribution is -0.126. The van der Waals surface area contributed by atoms with Gasteiger partial charge < -0.3 is 15.8 Å². The number of hydrogen-bond donors (Lipinski definition) is 2. The molecule has 7 nitrogen and oxygen atoms in total. The van der Waals surface area contributed by atoms with E-state index < -0.39 is 16.1 Å². The average Bonchev–Trinajstić information content (AvgIpc) is 3.14. The normalized spacial score (nSPS) is 25.3. The maximum atomic E-state index is 12.1. The maximum absolute atomic E-state index is 12.1. The molecule has 0 spiro atoms. The van der Waals surface area contributed by atoms with E-state index in [1.54, 1.807) is 24.3 Å². The molecule has 1 amide bonds. The molecule has 2 saturated heterocycles. The largest absolute Gasteiger partial charge is 0.364 e. The van der Waals surface area contributed by atoms with Crippen molar-refractivity contribution in [1.29, 1.82) is 0 Å². The summed E-state index contributed by atoms with van der Waals surface area (Å²) in [5.41, 5.74) is 6.78. The third kappa shape index (κ3) is 4.00. The Kier molecular flexibility index (Phi) is 6.08. The minimum absolute atomic E-state index is 0. The number of anilines is 2. The number of benzene rings is 1. The molecule has 1 aromatic rings. The van der Waals surface area contributed by atoms with Gasteiger partial charge in [0.05, 0.1) is 17.5 Å². The fourth-order valence-corrected chi connectivity index (χ4v) is 4.50. The van der Waals surface area contributed by atoms with Crippen LogP contribution in [0.4, 0.5) is 11.4 Å². The molecule has 0 bridgehead atoms. The minimum Gasteiger partial charge on any atom is -0.364 e. The molecule has 134 valence electrons. The van der Waals surface area contributed by atoms with E-state index in [9.17, 15) is 13.2 Å². The number of amides is 1. The summed E-state index contributed by atoms with van der Waals surface area (Å²) in [4.78, 5) is 12.1. The zero-order valence-electron chi connectivity index (χ0n) is 13.2. The molecule has 2 heterocycles. The van der Waals surface area contributed by atoms with Crippen molar-refractivity contribution in [1.82, 2.24) is 0 Å². The summed E-state index contributed by atoms with van der Waals surface area (Å²) in [6.45, 7) is 0.924. The molecule has 2 aliphatic rings. The van der Waals surface area contributed by atoms with Crippen LogP contribution in [0.1, 0.15) is 19.3 Å². The summed E-state index contributed by atoms with van der Waals surface area (Å²) < 4.78 is 30.7. The number of nitrogens with one attached hydrogen (secondary N) is 1. The number of carbonyl (C=O) groups excluding carboxylic acids is 1. The van der Waals surface area contributed by atoms with E-state index in [2.05, 4.69) is 5.32 Å². The van der Waals surface area contributed by atoms with Crippen molar-refractivity contribution in [2.45, 2.75) is 31.5 Å². The highest BCUT2D eigenvalue weighted by Gasteiger charge is 2.30. The number of ether oxygens (including phenoxy) is 1. The number of halogens is 1. The fraction of sp³-hybridized carbons (Fsp3) is 0.533. The van der Waals surface area contributed by atoms with Crippen LogP contribution in [0.3, 0.4) is 0 Å². The van der Waals surface area contributed by atoms with Gasteiger partial charge in [-0.05, 0) is 43.5 Å². The average molecular weight is 376 g/mol. The highest BCUT2D eigenvalue weighted by atomic mass is 35.5. The standard InChI is InChI=1S/C15H21N3O4S.ClH/c16-10-13-6-7-14(22-13)15(19)17-11-2-4-12(5-3-11)18-8-1-9-23(18,20)21;/h2-5,13-14H,1,6-10,16H2,(H,17,19);1H/t13-,14+;/m1./s1. The van der Waals surface area contributed by atoms with Gasteiger partial charge in [-0.1, -0.05) is 0 Å². The van der Waals surface area contributed by atoms with Crippen LogP contribution in [0, 0.1) is 0 Å². The second kappa shape index (κ2) is 7.69. The van der Waals surface area contributed by atoms with Crippen molar-refractivity contribution in [3.63, 3.8) is 0 Å². The lowest BCUT2D eigenvalue weighted by Crippen LogP contribution is -2.29. The third-order valence-electron chi connectivity index (χ3n) is 4.18. The quantitative estimate of drug-likeness (QED) is 0.820. The number of nitrogens with zero attached hydrogens (tertiary/aromatic N) is 1. The van der Waals surface area contributed by atoms with Gasteiger partial charge in [-0.25, -0.2) is 8.42 Å². The molecular formula is C15H22ClN3O4S. The first kappa shape index (κ1) is 19.0. The van der Waals surface area contributed by atoms with Crippen molar-refractivity contribution in [3.05, 3.63) is 24.3 Å². The van der Waals surface area contributed by atoms with Crippen LogP contribution in [0.15, 0.2) is 24.3 Å². The van der Waals surface area contributed by atoms with E-state index in [0.717, 1.165) is 6.42 Å². The molecule has 0 aromatic heterocycles. The molecule has 0 radical (unpaired) electrons. The van der Waals surface area contributed by atoms with E-state index in [1.807, 2.05) is 0 Å². The smallest absolute Gasteiger partial charge is 0.253 e. The van der Waals surface area contributed by atoms with Crippen LogP contribution < -0.4 is 15.4 Å². The van der Waals surface area contributed by atoms with Gasteiger partial charge in [0.2, 0.25) is 10.0 Å². The first-order valence-electron chi connectivity index (χ1n) is 7.76. The third-order valence-corrected chi connectivity index (χ3v) is 6.05. The van der Waals surface area contributed by atoms with Gasteiger partial charge in [0.15, 0.2) is 0 Å². The zero-order chi connectivity index (χ0) is 16.4. The second-order valence-electron chi connectivity index (χ2n) is 5.84. The Hall–Kier alpha value is -1.35. The van der Waals surface area contributed by atoms with Gasteiger partial charge in [0, 0.05) is 18.8 Å². The van der Waals surface area contributed by atoms with E-state index in [1.165, 1.54) is 4.31 Å². The van der Waals surface area contributed by atoms with Crippen LogP contribution in [-0.4, -0.2) is 45.4 Å². The molecule has 0 aliphatic carbocycles. The van der Waals surface area contributed by atoms with Crippen molar-refractivity contribution in [3.8, 4) is 0 Å². The molecule has 24 heavy (non-hydrogen) atoms. The lowest BCUT2D eigenvalue weighted by Gasteiger charge is -2.17. The maximum Gasteiger partial charge on any atom is 0.253 e. The summed E-state index contributed by atoms with van der Waals surface area (Å²) in [6, 6.07) is 6.82. The predicted octanol–water partition coefficient (Wildman–Crippen LogP) is 1.09. The first-order valence-corrected chi connectivity index (χ1v) is 9.37. The van der Waals surface area contributed by atoms with Crippen molar-refractivity contribution in [2.75, 3.05) is 28.5 Å². The summed E-state index contributed by atoms with van der Waals surface area (Å²) >= 11 is 0. The predicted molar refractivity (Wildman–Crippen MR) is 95.0 cm³/mol. The molecular weight excluding hydrogens is 354 g/mol. The van der Waals surface area contributed by atoms with Gasteiger partial charge in [-0.2, -0.15) is 0 Å². The molecule has 3 N–H and O–H groups in total. The summed E-state index contributed by atoms with van der Waals surface area (Å²) in [6.07, 6.45) is 1.58. The van der Waals surface area contributed by atoms with E-state index >= 15 is 0 Å². The van der Waals surface area contributed by atoms with E-state index in [0.29, 0.717) is 37.3 Å². The number of sulfonamides is 1. The SMILES string of the molecule is Cl.NC[C@H]1CC[C@@H](C(=O)Nc2ccc(N3CCCS3(=O)=O)cc2)O1. The summed E-state index contributed by atoms with van der Waals surface area (Å²) in [5.74, 6) is -0.00482. The Morgan fingerprint density at radius 2 is 2.00 bits per heavy atom. The van der Waals surface area contributed by atoms with Gasteiger partial charge in [-0.3, -0.25) is 9.10 Å². The van der Waals surface area contributed by atoms with Crippen LogP contribution in [0.5, 0.6) is 0 Å².